The van der Waals surface area contributed by atoms with Crippen LogP contribution in [0.15, 0.2) is 72.8 Å². The van der Waals surface area contributed by atoms with Crippen LogP contribution in [0.2, 0.25) is 0 Å². The maximum atomic E-state index is 13.0. The summed E-state index contributed by atoms with van der Waals surface area (Å²) in [6.45, 7) is 0. The van der Waals surface area contributed by atoms with E-state index in [1.165, 1.54) is 0 Å². The molecule has 0 bridgehead atoms. The molecule has 0 saturated heterocycles. The van der Waals surface area contributed by atoms with Gasteiger partial charge >= 0.3 is 0 Å². The van der Waals surface area contributed by atoms with Crippen LogP contribution in [0.5, 0.6) is 0 Å². The highest BCUT2D eigenvalue weighted by Crippen LogP contribution is 2.33. The summed E-state index contributed by atoms with van der Waals surface area (Å²) >= 11 is 2.13. The van der Waals surface area contributed by atoms with E-state index in [1.54, 1.807) is 60.7 Å². The number of carbonyl (C=O) groups excluding carboxylic acids is 3. The fourth-order valence-electron chi connectivity index (χ4n) is 3.03. The number of benzene rings is 3. The van der Waals surface area contributed by atoms with Gasteiger partial charge in [-0.15, -0.1) is 0 Å². The molecule has 0 saturated carbocycles. The summed E-state index contributed by atoms with van der Waals surface area (Å²) in [6, 6.07) is 20.7. The molecule has 1 heterocycles. The van der Waals surface area contributed by atoms with Gasteiger partial charge in [0.05, 0.1) is 22.5 Å². The predicted octanol–water partition coefficient (Wildman–Crippen LogP) is 4.34. The van der Waals surface area contributed by atoms with Crippen molar-refractivity contribution in [2.45, 2.75) is 0 Å². The molecule has 1 aliphatic heterocycles. The number of nitrogens with zero attached hydrogens (tertiary/aromatic N) is 1. The van der Waals surface area contributed by atoms with Crippen molar-refractivity contribution in [3.63, 3.8) is 0 Å². The second kappa shape index (κ2) is 6.96. The SMILES string of the molecule is O=C(Nc1cccc2c1C(=O)N(c1ccccc1)C2=O)c1cccc(I)c1. The number of imide groups is 1. The monoisotopic (exact) mass is 468 g/mol. The van der Waals surface area contributed by atoms with Crippen LogP contribution in [0, 0.1) is 3.57 Å². The average Bonchev–Trinajstić information content (AvgIpc) is 2.94. The van der Waals surface area contributed by atoms with Gasteiger partial charge in [-0.3, -0.25) is 14.4 Å². The smallest absolute Gasteiger partial charge is 0.268 e. The summed E-state index contributed by atoms with van der Waals surface area (Å²) in [5.41, 5.74) is 1.80. The fourth-order valence-corrected chi connectivity index (χ4v) is 3.57. The van der Waals surface area contributed by atoms with E-state index in [0.29, 0.717) is 16.9 Å². The Balaban J connectivity index is 1.71. The Bertz CT molecular complexity index is 1080. The maximum absolute atomic E-state index is 13.0. The number of para-hydroxylation sites is 1. The van der Waals surface area contributed by atoms with E-state index in [2.05, 4.69) is 27.9 Å². The van der Waals surface area contributed by atoms with Gasteiger partial charge in [0, 0.05) is 9.13 Å². The van der Waals surface area contributed by atoms with Gasteiger partial charge in [0.15, 0.2) is 0 Å². The number of hydrogen-bond acceptors (Lipinski definition) is 3. The quantitative estimate of drug-likeness (QED) is 0.460. The third kappa shape index (κ3) is 3.12. The summed E-state index contributed by atoms with van der Waals surface area (Å²) in [6.07, 6.45) is 0. The summed E-state index contributed by atoms with van der Waals surface area (Å²) in [4.78, 5) is 39.4. The topological polar surface area (TPSA) is 66.5 Å². The summed E-state index contributed by atoms with van der Waals surface area (Å²) in [5, 5.41) is 2.77. The number of amides is 3. The highest BCUT2D eigenvalue weighted by atomic mass is 127. The average molecular weight is 468 g/mol. The Hall–Kier alpha value is -3.00. The Morgan fingerprint density at radius 1 is 0.852 bits per heavy atom. The lowest BCUT2D eigenvalue weighted by molar-refractivity contribution is 0.0926. The first kappa shape index (κ1) is 17.4. The van der Waals surface area contributed by atoms with Gasteiger partial charge in [-0.05, 0) is 65.1 Å². The lowest BCUT2D eigenvalue weighted by Crippen LogP contribution is -2.29. The first-order valence-electron chi connectivity index (χ1n) is 8.20. The highest BCUT2D eigenvalue weighted by molar-refractivity contribution is 14.1. The first-order valence-corrected chi connectivity index (χ1v) is 9.28. The summed E-state index contributed by atoms with van der Waals surface area (Å²) in [7, 11) is 0. The van der Waals surface area contributed by atoms with Crippen molar-refractivity contribution in [1.82, 2.24) is 0 Å². The Kier molecular flexibility index (Phi) is 4.49. The normalized spacial score (nSPS) is 12.9. The predicted molar refractivity (Wildman–Crippen MR) is 111 cm³/mol. The van der Waals surface area contributed by atoms with Gasteiger partial charge in [-0.1, -0.05) is 30.3 Å². The maximum Gasteiger partial charge on any atom is 0.268 e. The van der Waals surface area contributed by atoms with Crippen LogP contribution in [0.3, 0.4) is 0 Å². The van der Waals surface area contributed by atoms with Gasteiger partial charge in [-0.2, -0.15) is 0 Å². The van der Waals surface area contributed by atoms with Crippen LogP contribution in [-0.2, 0) is 0 Å². The Labute approximate surface area is 169 Å². The van der Waals surface area contributed by atoms with Crippen LogP contribution < -0.4 is 10.2 Å². The van der Waals surface area contributed by atoms with Crippen LogP contribution in [0.1, 0.15) is 31.1 Å². The number of fused-ring (bicyclic) bond motifs is 1. The zero-order valence-electron chi connectivity index (χ0n) is 14.0. The molecule has 3 aromatic rings. The number of anilines is 2. The molecule has 27 heavy (non-hydrogen) atoms. The second-order valence-corrected chi connectivity index (χ2v) is 7.22. The van der Waals surface area contributed by atoms with Crippen LogP contribution in [0.25, 0.3) is 0 Å². The lowest BCUT2D eigenvalue weighted by atomic mass is 10.1. The molecule has 5 nitrogen and oxygen atoms in total. The molecular weight excluding hydrogens is 455 g/mol. The number of carbonyl (C=O) groups is 3. The molecule has 0 fully saturated rings. The molecule has 1 aliphatic rings. The molecular formula is C21H13IN2O3. The van der Waals surface area contributed by atoms with Crippen molar-refractivity contribution < 1.29 is 14.4 Å². The summed E-state index contributed by atoms with van der Waals surface area (Å²) in [5.74, 6) is -1.17. The van der Waals surface area contributed by atoms with E-state index < -0.39 is 11.8 Å². The molecule has 0 atom stereocenters. The van der Waals surface area contributed by atoms with Crippen molar-refractivity contribution in [3.05, 3.63) is 93.1 Å². The Morgan fingerprint density at radius 2 is 1.59 bits per heavy atom. The molecule has 0 radical (unpaired) electrons. The molecule has 1 N–H and O–H groups in total. The zero-order valence-corrected chi connectivity index (χ0v) is 16.1. The molecule has 0 unspecified atom stereocenters. The van der Waals surface area contributed by atoms with Gasteiger partial charge in [0.2, 0.25) is 0 Å². The second-order valence-electron chi connectivity index (χ2n) is 5.97. The number of nitrogens with one attached hydrogen (secondary N) is 1. The van der Waals surface area contributed by atoms with Crippen LogP contribution >= 0.6 is 22.6 Å². The van der Waals surface area contributed by atoms with Crippen LogP contribution in [-0.4, -0.2) is 17.7 Å². The molecule has 6 heteroatoms. The van der Waals surface area contributed by atoms with Crippen molar-refractivity contribution in [3.8, 4) is 0 Å². The number of rotatable bonds is 3. The van der Waals surface area contributed by atoms with E-state index in [-0.39, 0.29) is 17.0 Å². The standard InChI is InChI=1S/C21H13IN2O3/c22-14-7-4-6-13(12-14)19(25)23-17-11-5-10-16-18(17)21(27)24(20(16)26)15-8-2-1-3-9-15/h1-12H,(H,23,25). The van der Waals surface area contributed by atoms with Crippen molar-refractivity contribution in [1.29, 1.82) is 0 Å². The molecule has 0 aromatic heterocycles. The zero-order chi connectivity index (χ0) is 19.0. The van der Waals surface area contributed by atoms with E-state index in [0.717, 1.165) is 8.47 Å². The van der Waals surface area contributed by atoms with Gasteiger partial charge in [-0.25, -0.2) is 4.90 Å². The van der Waals surface area contributed by atoms with E-state index >= 15 is 0 Å². The van der Waals surface area contributed by atoms with E-state index in [1.807, 2.05) is 12.1 Å². The number of hydrogen-bond donors (Lipinski definition) is 1. The molecule has 0 spiro atoms. The van der Waals surface area contributed by atoms with Crippen molar-refractivity contribution in [2.24, 2.45) is 0 Å². The minimum atomic E-state index is -0.445. The molecule has 4 rings (SSSR count). The van der Waals surface area contributed by atoms with E-state index in [9.17, 15) is 14.4 Å². The van der Waals surface area contributed by atoms with Gasteiger partial charge in [0.25, 0.3) is 17.7 Å². The third-order valence-electron chi connectivity index (χ3n) is 4.26. The van der Waals surface area contributed by atoms with E-state index in [4.69, 9.17) is 0 Å². The highest BCUT2D eigenvalue weighted by Gasteiger charge is 2.38. The largest absolute Gasteiger partial charge is 0.321 e. The lowest BCUT2D eigenvalue weighted by Gasteiger charge is -2.13. The minimum absolute atomic E-state index is 0.213. The molecule has 0 aliphatic carbocycles. The van der Waals surface area contributed by atoms with Crippen LogP contribution in [0.4, 0.5) is 11.4 Å². The van der Waals surface area contributed by atoms with Gasteiger partial charge in [0.1, 0.15) is 0 Å². The molecule has 3 amide bonds. The van der Waals surface area contributed by atoms with Crippen molar-refractivity contribution in [2.75, 3.05) is 10.2 Å². The minimum Gasteiger partial charge on any atom is -0.321 e. The van der Waals surface area contributed by atoms with Gasteiger partial charge < -0.3 is 5.32 Å². The Morgan fingerprint density at radius 3 is 2.33 bits per heavy atom. The first-order chi connectivity index (χ1) is 13.1. The number of halogens is 1. The fraction of sp³-hybridized carbons (Fsp3) is 0. The molecule has 132 valence electrons. The third-order valence-corrected chi connectivity index (χ3v) is 4.94. The van der Waals surface area contributed by atoms with Crippen molar-refractivity contribution >= 4 is 51.7 Å². The summed E-state index contributed by atoms with van der Waals surface area (Å²) < 4.78 is 0.931. The molecule has 3 aromatic carbocycles.